The summed E-state index contributed by atoms with van der Waals surface area (Å²) in [5, 5.41) is 10.8. The summed E-state index contributed by atoms with van der Waals surface area (Å²) < 4.78 is 9.25. The minimum absolute atomic E-state index is 0.0594. The fourth-order valence-electron chi connectivity index (χ4n) is 1.47. The van der Waals surface area contributed by atoms with E-state index < -0.39 is 10.9 Å². The molecule has 0 atom stereocenters. The van der Waals surface area contributed by atoms with Gasteiger partial charge in [0.05, 0.1) is 25.6 Å². The van der Waals surface area contributed by atoms with Crippen molar-refractivity contribution in [1.82, 2.24) is 0 Å². The number of ether oxygens (including phenoxy) is 2. The van der Waals surface area contributed by atoms with Gasteiger partial charge < -0.3 is 9.47 Å². The van der Waals surface area contributed by atoms with Crippen LogP contribution in [0.15, 0.2) is 18.2 Å². The SMILES string of the molecule is COC(=O)CCC(=O)c1ccc(OC)c([N+](=O)[O-])c1. The van der Waals surface area contributed by atoms with Crippen LogP contribution in [-0.2, 0) is 9.53 Å². The zero-order valence-electron chi connectivity index (χ0n) is 10.5. The van der Waals surface area contributed by atoms with Crippen molar-refractivity contribution in [3.05, 3.63) is 33.9 Å². The Hall–Kier alpha value is -2.44. The normalized spacial score (nSPS) is 9.79. The lowest BCUT2D eigenvalue weighted by Gasteiger charge is -2.04. The number of Topliss-reactive ketones (excluding diaryl/α,β-unsaturated/α-hetero) is 1. The summed E-state index contributed by atoms with van der Waals surface area (Å²) in [6.07, 6.45) is -0.120. The number of hydrogen-bond acceptors (Lipinski definition) is 6. The molecule has 0 radical (unpaired) electrons. The highest BCUT2D eigenvalue weighted by Gasteiger charge is 2.18. The Bertz CT molecular complexity index is 511. The second-order valence-electron chi connectivity index (χ2n) is 3.64. The lowest BCUT2D eigenvalue weighted by molar-refractivity contribution is -0.385. The van der Waals surface area contributed by atoms with Crippen LogP contribution in [-0.4, -0.2) is 30.9 Å². The molecule has 1 rings (SSSR count). The summed E-state index contributed by atoms with van der Waals surface area (Å²) in [6, 6.07) is 3.91. The van der Waals surface area contributed by atoms with Crippen molar-refractivity contribution in [3.63, 3.8) is 0 Å². The maximum Gasteiger partial charge on any atom is 0.311 e. The first-order chi connectivity index (χ1) is 8.99. The predicted octanol–water partition coefficient (Wildman–Crippen LogP) is 1.74. The van der Waals surface area contributed by atoms with E-state index in [4.69, 9.17) is 4.74 Å². The third kappa shape index (κ3) is 3.77. The van der Waals surface area contributed by atoms with Gasteiger partial charge in [0.25, 0.3) is 0 Å². The monoisotopic (exact) mass is 267 g/mol. The van der Waals surface area contributed by atoms with Crippen LogP contribution in [0.5, 0.6) is 5.75 Å². The molecule has 7 heteroatoms. The van der Waals surface area contributed by atoms with Gasteiger partial charge in [-0.2, -0.15) is 0 Å². The summed E-state index contributed by atoms with van der Waals surface area (Å²) in [5.41, 5.74) is -0.122. The molecule has 0 spiro atoms. The van der Waals surface area contributed by atoms with Gasteiger partial charge in [-0.1, -0.05) is 0 Å². The van der Waals surface area contributed by atoms with E-state index in [0.717, 1.165) is 6.07 Å². The molecule has 7 nitrogen and oxygen atoms in total. The molecule has 0 aliphatic carbocycles. The van der Waals surface area contributed by atoms with Crippen LogP contribution in [0.2, 0.25) is 0 Å². The van der Waals surface area contributed by atoms with Crippen LogP contribution in [0.3, 0.4) is 0 Å². The van der Waals surface area contributed by atoms with E-state index in [1.54, 1.807) is 0 Å². The van der Waals surface area contributed by atoms with Crippen molar-refractivity contribution in [1.29, 1.82) is 0 Å². The molecule has 1 aromatic rings. The topological polar surface area (TPSA) is 95.7 Å². The number of esters is 1. The van der Waals surface area contributed by atoms with E-state index >= 15 is 0 Å². The molecule has 1 aromatic carbocycles. The number of rotatable bonds is 6. The van der Waals surface area contributed by atoms with E-state index in [0.29, 0.717) is 0 Å². The molecule has 0 aromatic heterocycles. The number of nitrogens with zero attached hydrogens (tertiary/aromatic N) is 1. The van der Waals surface area contributed by atoms with Gasteiger partial charge in [-0.3, -0.25) is 19.7 Å². The molecule has 0 amide bonds. The zero-order valence-corrected chi connectivity index (χ0v) is 10.5. The second-order valence-corrected chi connectivity index (χ2v) is 3.64. The Morgan fingerprint density at radius 2 is 1.95 bits per heavy atom. The van der Waals surface area contributed by atoms with Crippen molar-refractivity contribution >= 4 is 17.4 Å². The third-order valence-corrected chi connectivity index (χ3v) is 2.48. The Morgan fingerprint density at radius 1 is 1.26 bits per heavy atom. The quantitative estimate of drug-likeness (QED) is 0.337. The highest BCUT2D eigenvalue weighted by molar-refractivity contribution is 5.98. The van der Waals surface area contributed by atoms with Crippen molar-refractivity contribution in [2.24, 2.45) is 0 Å². The van der Waals surface area contributed by atoms with Crippen molar-refractivity contribution < 1.29 is 24.0 Å². The van der Waals surface area contributed by atoms with Gasteiger partial charge in [0.15, 0.2) is 11.5 Å². The number of ketones is 1. The predicted molar refractivity (Wildman–Crippen MR) is 65.2 cm³/mol. The highest BCUT2D eigenvalue weighted by Crippen LogP contribution is 2.28. The number of nitro benzene ring substituents is 1. The summed E-state index contributed by atoms with van der Waals surface area (Å²) in [6.45, 7) is 0. The molecular formula is C12H13NO6. The first kappa shape index (κ1) is 14.6. The molecule has 0 aliphatic rings. The van der Waals surface area contributed by atoms with Crippen LogP contribution in [0.1, 0.15) is 23.2 Å². The largest absolute Gasteiger partial charge is 0.490 e. The maximum absolute atomic E-state index is 11.8. The number of benzene rings is 1. The Labute approximate surface area is 109 Å². The summed E-state index contributed by atoms with van der Waals surface area (Å²) in [5.74, 6) is -0.790. The average Bonchev–Trinajstić information content (AvgIpc) is 2.43. The number of nitro groups is 1. The Morgan fingerprint density at radius 3 is 2.47 bits per heavy atom. The molecular weight excluding hydrogens is 254 g/mol. The number of carbonyl (C=O) groups is 2. The van der Waals surface area contributed by atoms with Crippen LogP contribution < -0.4 is 4.74 Å². The standard InChI is InChI=1S/C12H13NO6/c1-18-11-5-3-8(7-9(11)13(16)17)10(14)4-6-12(15)19-2/h3,5,7H,4,6H2,1-2H3. The van der Waals surface area contributed by atoms with Crippen LogP contribution in [0.4, 0.5) is 5.69 Å². The van der Waals surface area contributed by atoms with Gasteiger partial charge in [0.1, 0.15) is 0 Å². The van der Waals surface area contributed by atoms with E-state index in [2.05, 4.69) is 4.74 Å². The zero-order chi connectivity index (χ0) is 14.4. The molecule has 102 valence electrons. The lowest BCUT2D eigenvalue weighted by atomic mass is 10.1. The lowest BCUT2D eigenvalue weighted by Crippen LogP contribution is -2.06. The average molecular weight is 267 g/mol. The van der Waals surface area contributed by atoms with E-state index in [9.17, 15) is 19.7 Å². The number of methoxy groups -OCH3 is 2. The van der Waals surface area contributed by atoms with Gasteiger partial charge >= 0.3 is 11.7 Å². The van der Waals surface area contributed by atoms with Crippen molar-refractivity contribution in [2.45, 2.75) is 12.8 Å². The summed E-state index contributed by atoms with van der Waals surface area (Å²) >= 11 is 0. The van der Waals surface area contributed by atoms with Gasteiger partial charge in [0.2, 0.25) is 0 Å². The van der Waals surface area contributed by atoms with Crippen molar-refractivity contribution in [3.8, 4) is 5.75 Å². The third-order valence-electron chi connectivity index (χ3n) is 2.48. The molecule has 0 heterocycles. The Kier molecular flexibility index (Phi) is 4.99. The van der Waals surface area contributed by atoms with Crippen LogP contribution in [0.25, 0.3) is 0 Å². The van der Waals surface area contributed by atoms with Gasteiger partial charge in [0, 0.05) is 18.1 Å². The van der Waals surface area contributed by atoms with E-state index in [1.165, 1.54) is 26.4 Å². The minimum Gasteiger partial charge on any atom is -0.490 e. The Balaban J connectivity index is 2.89. The second kappa shape index (κ2) is 6.48. The van der Waals surface area contributed by atoms with Gasteiger partial charge in [-0.15, -0.1) is 0 Å². The first-order valence-electron chi connectivity index (χ1n) is 5.42. The maximum atomic E-state index is 11.8. The molecule has 0 unspecified atom stereocenters. The smallest absolute Gasteiger partial charge is 0.311 e. The molecule has 19 heavy (non-hydrogen) atoms. The fraction of sp³-hybridized carbons (Fsp3) is 0.333. The molecule has 0 fully saturated rings. The van der Waals surface area contributed by atoms with E-state index in [-0.39, 0.29) is 35.6 Å². The molecule has 0 aliphatic heterocycles. The molecule has 0 N–H and O–H groups in total. The minimum atomic E-state index is -0.629. The van der Waals surface area contributed by atoms with E-state index in [1.807, 2.05) is 0 Å². The highest BCUT2D eigenvalue weighted by atomic mass is 16.6. The first-order valence-corrected chi connectivity index (χ1v) is 5.42. The van der Waals surface area contributed by atoms with Crippen LogP contribution >= 0.6 is 0 Å². The molecule has 0 saturated heterocycles. The summed E-state index contributed by atoms with van der Waals surface area (Å²) in [4.78, 5) is 32.9. The summed E-state index contributed by atoms with van der Waals surface area (Å²) in [7, 11) is 2.53. The fourth-order valence-corrected chi connectivity index (χ4v) is 1.47. The van der Waals surface area contributed by atoms with Gasteiger partial charge in [-0.05, 0) is 12.1 Å². The van der Waals surface area contributed by atoms with Gasteiger partial charge in [-0.25, -0.2) is 0 Å². The number of carbonyl (C=O) groups excluding carboxylic acids is 2. The van der Waals surface area contributed by atoms with Crippen molar-refractivity contribution in [2.75, 3.05) is 14.2 Å². The van der Waals surface area contributed by atoms with Crippen LogP contribution in [0, 0.1) is 10.1 Å². The number of hydrogen-bond donors (Lipinski definition) is 0. The molecule has 0 bridgehead atoms. The molecule has 0 saturated carbocycles.